The molecule has 33 heavy (non-hydrogen) atoms. The molecule has 1 atom stereocenters. The van der Waals surface area contributed by atoms with E-state index in [0.717, 1.165) is 5.56 Å². The summed E-state index contributed by atoms with van der Waals surface area (Å²) in [4.78, 5) is 32.3. The highest BCUT2D eigenvalue weighted by Gasteiger charge is 2.35. The molecule has 0 spiro atoms. The Kier molecular flexibility index (Phi) is 7.70. The number of aliphatic imine (C=N–C) groups is 1. The van der Waals surface area contributed by atoms with E-state index in [9.17, 15) is 9.59 Å². The second-order valence-corrected chi connectivity index (χ2v) is 9.51. The molecule has 0 bridgehead atoms. The third kappa shape index (κ3) is 6.38. The van der Waals surface area contributed by atoms with Crippen molar-refractivity contribution in [2.75, 3.05) is 11.9 Å². The van der Waals surface area contributed by atoms with E-state index in [1.807, 2.05) is 60.7 Å². The summed E-state index contributed by atoms with van der Waals surface area (Å²) in [6.07, 6.45) is 0.761. The Labute approximate surface area is 206 Å². The maximum Gasteiger partial charge on any atom is 0.238 e. The summed E-state index contributed by atoms with van der Waals surface area (Å²) in [7, 11) is 0. The fraction of sp³-hybridized carbons (Fsp3) is 0.160. The molecule has 3 aromatic rings. The predicted molar refractivity (Wildman–Crippen MR) is 136 cm³/mol. The molecule has 1 fully saturated rings. The number of nitrogens with zero attached hydrogens (tertiary/aromatic N) is 2. The molecule has 0 unspecified atom stereocenters. The number of halogens is 2. The Morgan fingerprint density at radius 2 is 1.64 bits per heavy atom. The van der Waals surface area contributed by atoms with E-state index in [0.29, 0.717) is 39.6 Å². The molecule has 1 heterocycles. The van der Waals surface area contributed by atoms with Gasteiger partial charge in [-0.15, -0.1) is 0 Å². The van der Waals surface area contributed by atoms with Crippen LogP contribution in [0.3, 0.4) is 0 Å². The molecule has 168 valence electrons. The standard InChI is InChI=1S/C25H21Cl2N3O2S/c26-18-13-19(27)15-21(14-18)29-25-30(12-11-17-7-3-1-4-8-17)23(31)16-22(33-25)24(32)28-20-9-5-2-6-10-20/h1-10,13-15,22H,11-12,16H2,(H,28,32)/t22-/m0/s1. The van der Waals surface area contributed by atoms with Gasteiger partial charge in [0.2, 0.25) is 11.8 Å². The van der Waals surface area contributed by atoms with Gasteiger partial charge in [0.1, 0.15) is 5.25 Å². The number of amides is 2. The monoisotopic (exact) mass is 497 g/mol. The van der Waals surface area contributed by atoms with Crippen molar-refractivity contribution in [2.45, 2.75) is 18.1 Å². The summed E-state index contributed by atoms with van der Waals surface area (Å²) in [5.41, 5.74) is 2.32. The molecule has 3 aromatic carbocycles. The highest BCUT2D eigenvalue weighted by molar-refractivity contribution is 8.15. The van der Waals surface area contributed by atoms with Gasteiger partial charge in [-0.2, -0.15) is 0 Å². The Balaban J connectivity index is 1.58. The lowest BCUT2D eigenvalue weighted by molar-refractivity contribution is -0.129. The zero-order valence-electron chi connectivity index (χ0n) is 17.6. The molecule has 1 aliphatic rings. The van der Waals surface area contributed by atoms with Gasteiger partial charge in [-0.05, 0) is 42.3 Å². The lowest BCUT2D eigenvalue weighted by atomic mass is 10.1. The molecule has 4 rings (SSSR count). The van der Waals surface area contributed by atoms with Crippen LogP contribution in [0.4, 0.5) is 11.4 Å². The van der Waals surface area contributed by atoms with Crippen LogP contribution in [0, 0.1) is 0 Å². The highest BCUT2D eigenvalue weighted by atomic mass is 35.5. The zero-order chi connectivity index (χ0) is 23.2. The number of hydrogen-bond donors (Lipinski definition) is 1. The van der Waals surface area contributed by atoms with Crippen molar-refractivity contribution in [3.8, 4) is 0 Å². The Morgan fingerprint density at radius 3 is 2.30 bits per heavy atom. The molecular weight excluding hydrogens is 477 g/mol. The van der Waals surface area contributed by atoms with Gasteiger partial charge in [-0.1, -0.05) is 83.5 Å². The minimum atomic E-state index is -0.598. The van der Waals surface area contributed by atoms with Gasteiger partial charge < -0.3 is 5.32 Å². The van der Waals surface area contributed by atoms with Crippen molar-refractivity contribution < 1.29 is 9.59 Å². The highest BCUT2D eigenvalue weighted by Crippen LogP contribution is 2.32. The smallest absolute Gasteiger partial charge is 0.238 e. The predicted octanol–water partition coefficient (Wildman–Crippen LogP) is 6.20. The van der Waals surface area contributed by atoms with Crippen molar-refractivity contribution >= 4 is 63.3 Å². The SMILES string of the molecule is O=C(Nc1ccccc1)[C@@H]1CC(=O)N(CCc2ccccc2)C(=Nc2cc(Cl)cc(Cl)c2)S1. The van der Waals surface area contributed by atoms with Gasteiger partial charge >= 0.3 is 0 Å². The summed E-state index contributed by atoms with van der Waals surface area (Å²) >= 11 is 13.5. The normalized spacial score (nSPS) is 17.3. The largest absolute Gasteiger partial charge is 0.325 e. The first-order valence-electron chi connectivity index (χ1n) is 10.4. The molecule has 0 aliphatic carbocycles. The van der Waals surface area contributed by atoms with Crippen molar-refractivity contribution in [3.63, 3.8) is 0 Å². The van der Waals surface area contributed by atoms with Gasteiger partial charge in [0.25, 0.3) is 0 Å². The summed E-state index contributed by atoms with van der Waals surface area (Å²) < 4.78 is 0. The molecule has 8 heteroatoms. The molecule has 0 aromatic heterocycles. The number of nitrogens with one attached hydrogen (secondary N) is 1. The van der Waals surface area contributed by atoms with Gasteiger partial charge in [0, 0.05) is 28.7 Å². The topological polar surface area (TPSA) is 61.8 Å². The van der Waals surface area contributed by atoms with E-state index in [1.165, 1.54) is 11.8 Å². The summed E-state index contributed by atoms with van der Waals surface area (Å²) in [5, 5.41) is 3.63. The van der Waals surface area contributed by atoms with Gasteiger partial charge in [-0.25, -0.2) is 4.99 Å². The number of rotatable bonds is 6. The van der Waals surface area contributed by atoms with Crippen LogP contribution in [0.15, 0.2) is 83.9 Å². The molecule has 1 aliphatic heterocycles. The first-order valence-corrected chi connectivity index (χ1v) is 12.0. The first-order chi connectivity index (χ1) is 16.0. The number of para-hydroxylation sites is 1. The fourth-order valence-corrected chi connectivity index (χ4v) is 5.04. The maximum absolute atomic E-state index is 13.1. The fourth-order valence-electron chi connectivity index (χ4n) is 3.41. The molecule has 5 nitrogen and oxygen atoms in total. The Hall–Kier alpha value is -2.80. The number of anilines is 1. The quantitative estimate of drug-likeness (QED) is 0.441. The summed E-state index contributed by atoms with van der Waals surface area (Å²) in [6, 6.07) is 24.1. The van der Waals surface area contributed by atoms with Crippen molar-refractivity contribution in [2.24, 2.45) is 4.99 Å². The van der Waals surface area contributed by atoms with E-state index in [2.05, 4.69) is 10.3 Å². The van der Waals surface area contributed by atoms with Crippen LogP contribution in [0.25, 0.3) is 0 Å². The second-order valence-electron chi connectivity index (χ2n) is 7.47. The second kappa shape index (κ2) is 10.9. The number of carbonyl (C=O) groups excluding carboxylic acids is 2. The molecule has 0 saturated carbocycles. The molecule has 1 saturated heterocycles. The van der Waals surface area contributed by atoms with E-state index in [4.69, 9.17) is 23.2 Å². The summed E-state index contributed by atoms with van der Waals surface area (Å²) in [5.74, 6) is -0.385. The van der Waals surface area contributed by atoms with Gasteiger partial charge in [0.15, 0.2) is 5.17 Å². The summed E-state index contributed by atoms with van der Waals surface area (Å²) in [6.45, 7) is 0.454. The van der Waals surface area contributed by atoms with E-state index in [1.54, 1.807) is 23.1 Å². The number of carbonyl (C=O) groups is 2. The zero-order valence-corrected chi connectivity index (χ0v) is 19.9. The third-order valence-corrected chi connectivity index (χ3v) is 6.64. The van der Waals surface area contributed by atoms with E-state index < -0.39 is 5.25 Å². The first kappa shape index (κ1) is 23.4. The van der Waals surface area contributed by atoms with Crippen LogP contribution < -0.4 is 5.32 Å². The number of hydrogen-bond acceptors (Lipinski definition) is 4. The van der Waals surface area contributed by atoms with Crippen LogP contribution in [-0.4, -0.2) is 33.7 Å². The van der Waals surface area contributed by atoms with Crippen LogP contribution in [0.2, 0.25) is 10.0 Å². The Bertz CT molecular complexity index is 1150. The van der Waals surface area contributed by atoms with Crippen molar-refractivity contribution in [3.05, 3.63) is 94.5 Å². The minimum absolute atomic E-state index is 0.0907. The van der Waals surface area contributed by atoms with Crippen LogP contribution in [0.5, 0.6) is 0 Å². The number of benzene rings is 3. The lowest BCUT2D eigenvalue weighted by Crippen LogP contribution is -2.46. The maximum atomic E-state index is 13.1. The van der Waals surface area contributed by atoms with Crippen molar-refractivity contribution in [1.29, 1.82) is 0 Å². The van der Waals surface area contributed by atoms with Crippen LogP contribution >= 0.6 is 35.0 Å². The molecular formula is C25H21Cl2N3O2S. The van der Waals surface area contributed by atoms with Crippen LogP contribution in [-0.2, 0) is 16.0 Å². The minimum Gasteiger partial charge on any atom is -0.325 e. The number of thioether (sulfide) groups is 1. The van der Waals surface area contributed by atoms with Crippen molar-refractivity contribution in [1.82, 2.24) is 4.90 Å². The lowest BCUT2D eigenvalue weighted by Gasteiger charge is -2.32. The number of amidine groups is 1. The van der Waals surface area contributed by atoms with Gasteiger partial charge in [0.05, 0.1) is 5.69 Å². The average molecular weight is 498 g/mol. The Morgan fingerprint density at radius 1 is 1.00 bits per heavy atom. The van der Waals surface area contributed by atoms with Gasteiger partial charge in [-0.3, -0.25) is 14.5 Å². The molecule has 2 amide bonds. The molecule has 1 N–H and O–H groups in total. The van der Waals surface area contributed by atoms with Crippen LogP contribution in [0.1, 0.15) is 12.0 Å². The van der Waals surface area contributed by atoms with E-state index >= 15 is 0 Å². The third-order valence-electron chi connectivity index (χ3n) is 5.01. The molecule has 0 radical (unpaired) electrons. The van der Waals surface area contributed by atoms with E-state index in [-0.39, 0.29) is 18.2 Å². The average Bonchev–Trinajstić information content (AvgIpc) is 2.79.